The number of rotatable bonds is 8. The van der Waals surface area contributed by atoms with Gasteiger partial charge in [-0.05, 0) is 79.8 Å². The maximum Gasteiger partial charge on any atom is 0.243 e. The largest absolute Gasteiger partial charge is 0.493 e. The van der Waals surface area contributed by atoms with Crippen LogP contribution in [-0.2, 0) is 16.6 Å². The van der Waals surface area contributed by atoms with Gasteiger partial charge in [0, 0.05) is 25.2 Å². The van der Waals surface area contributed by atoms with Crippen LogP contribution in [0.15, 0.2) is 53.4 Å². The molecule has 2 aliphatic heterocycles. The Labute approximate surface area is 212 Å². The maximum atomic E-state index is 13.2. The van der Waals surface area contributed by atoms with E-state index in [-0.39, 0.29) is 5.41 Å². The summed E-state index contributed by atoms with van der Waals surface area (Å²) < 4.78 is 34.2. The smallest absolute Gasteiger partial charge is 0.243 e. The van der Waals surface area contributed by atoms with Gasteiger partial charge in [0.2, 0.25) is 10.0 Å². The number of nitrogens with zero attached hydrogens (tertiary/aromatic N) is 2. The zero-order valence-electron chi connectivity index (χ0n) is 21.9. The van der Waals surface area contributed by atoms with Crippen molar-refractivity contribution in [3.05, 3.63) is 59.7 Å². The van der Waals surface area contributed by atoms with Crippen LogP contribution in [0.4, 0.5) is 0 Å². The van der Waals surface area contributed by atoms with Crippen molar-refractivity contribution in [3.63, 3.8) is 0 Å². The molecular weight excluding hydrogens is 456 g/mol. The molecule has 4 rings (SSSR count). The minimum atomic E-state index is -3.42. The molecule has 6 heteroatoms. The number of sulfonamides is 1. The number of piperidine rings is 2. The highest BCUT2D eigenvalue weighted by Crippen LogP contribution is 2.42. The van der Waals surface area contributed by atoms with Crippen molar-refractivity contribution in [2.75, 3.05) is 32.8 Å². The lowest BCUT2D eigenvalue weighted by Gasteiger charge is -2.46. The standard InChI is InChI=1S/C29H42N2O3S/c1-23(2)22-34-28-8-6-5-7-26(28)21-30-17-13-29(14-18-30)15-19-31(20-16-29)35(32,33)27-11-9-25(10-12-27)24(3)4/h5-12,23-24H,13-22H2,1-4H3. The van der Waals surface area contributed by atoms with Gasteiger partial charge in [-0.25, -0.2) is 8.42 Å². The first-order valence-electron chi connectivity index (χ1n) is 13.2. The summed E-state index contributed by atoms with van der Waals surface area (Å²) in [5.74, 6) is 1.90. The molecule has 2 aliphatic rings. The van der Waals surface area contributed by atoms with Crippen LogP contribution in [0.25, 0.3) is 0 Å². The van der Waals surface area contributed by atoms with Gasteiger partial charge in [-0.15, -0.1) is 0 Å². The molecule has 0 radical (unpaired) electrons. The van der Waals surface area contributed by atoms with Crippen molar-refractivity contribution in [2.45, 2.75) is 70.7 Å². The van der Waals surface area contributed by atoms with E-state index in [4.69, 9.17) is 4.74 Å². The van der Waals surface area contributed by atoms with Crippen LogP contribution < -0.4 is 4.74 Å². The predicted molar refractivity (Wildman–Crippen MR) is 142 cm³/mol. The fourth-order valence-corrected chi connectivity index (χ4v) is 6.77. The molecule has 0 bridgehead atoms. The molecule has 0 atom stereocenters. The first kappa shape index (κ1) is 26.2. The highest BCUT2D eigenvalue weighted by Gasteiger charge is 2.40. The second-order valence-corrected chi connectivity index (χ2v) is 13.2. The van der Waals surface area contributed by atoms with E-state index >= 15 is 0 Å². The average molecular weight is 499 g/mol. The Morgan fingerprint density at radius 1 is 0.857 bits per heavy atom. The van der Waals surface area contributed by atoms with Crippen LogP contribution in [0.5, 0.6) is 5.75 Å². The molecule has 0 unspecified atom stereocenters. The van der Waals surface area contributed by atoms with Crippen LogP contribution in [0.1, 0.15) is 70.4 Å². The van der Waals surface area contributed by atoms with Crippen LogP contribution >= 0.6 is 0 Å². The minimum Gasteiger partial charge on any atom is -0.493 e. The Morgan fingerprint density at radius 2 is 1.46 bits per heavy atom. The quantitative estimate of drug-likeness (QED) is 0.454. The van der Waals surface area contributed by atoms with Crippen molar-refractivity contribution in [3.8, 4) is 5.75 Å². The summed E-state index contributed by atoms with van der Waals surface area (Å²) in [7, 11) is -3.42. The minimum absolute atomic E-state index is 0.275. The lowest BCUT2D eigenvalue weighted by Crippen LogP contribution is -2.48. The van der Waals surface area contributed by atoms with E-state index in [9.17, 15) is 8.42 Å². The Morgan fingerprint density at radius 3 is 2.06 bits per heavy atom. The summed E-state index contributed by atoms with van der Waals surface area (Å²) in [6, 6.07) is 15.8. The number of benzene rings is 2. The predicted octanol–water partition coefficient (Wildman–Crippen LogP) is 5.91. The van der Waals surface area contributed by atoms with E-state index in [1.807, 2.05) is 18.2 Å². The fraction of sp³-hybridized carbons (Fsp3) is 0.586. The van der Waals surface area contributed by atoms with Crippen molar-refractivity contribution in [1.29, 1.82) is 0 Å². The number of likely N-dealkylation sites (tertiary alicyclic amines) is 1. The summed E-state index contributed by atoms with van der Waals surface area (Å²) >= 11 is 0. The lowest BCUT2D eigenvalue weighted by molar-refractivity contribution is 0.0525. The molecule has 2 aromatic carbocycles. The highest BCUT2D eigenvalue weighted by molar-refractivity contribution is 7.89. The second-order valence-electron chi connectivity index (χ2n) is 11.2. The summed E-state index contributed by atoms with van der Waals surface area (Å²) in [5.41, 5.74) is 2.70. The van der Waals surface area contributed by atoms with Gasteiger partial charge in [0.1, 0.15) is 5.75 Å². The van der Waals surface area contributed by atoms with Crippen LogP contribution in [0.2, 0.25) is 0 Å². The van der Waals surface area contributed by atoms with Crippen molar-refractivity contribution < 1.29 is 13.2 Å². The summed E-state index contributed by atoms with van der Waals surface area (Å²) in [4.78, 5) is 2.95. The summed E-state index contributed by atoms with van der Waals surface area (Å²) in [6.07, 6.45) is 4.19. The number of hydrogen-bond acceptors (Lipinski definition) is 4. The van der Waals surface area contributed by atoms with Gasteiger partial charge in [0.25, 0.3) is 0 Å². The second kappa shape index (κ2) is 11.0. The average Bonchev–Trinajstić information content (AvgIpc) is 2.85. The van der Waals surface area contributed by atoms with Gasteiger partial charge in [-0.3, -0.25) is 4.90 Å². The molecule has 0 aliphatic carbocycles. The van der Waals surface area contributed by atoms with E-state index in [0.717, 1.165) is 57.7 Å². The van der Waals surface area contributed by atoms with Crippen LogP contribution in [0.3, 0.4) is 0 Å². The van der Waals surface area contributed by atoms with E-state index < -0.39 is 10.0 Å². The van der Waals surface area contributed by atoms with E-state index in [0.29, 0.717) is 29.8 Å². The molecular formula is C29H42N2O3S. The van der Waals surface area contributed by atoms with E-state index in [2.05, 4.69) is 50.8 Å². The summed E-state index contributed by atoms with van der Waals surface area (Å²) in [5, 5.41) is 0. The normalized spacial score (nSPS) is 19.5. The zero-order valence-corrected chi connectivity index (χ0v) is 22.7. The van der Waals surface area contributed by atoms with Crippen molar-refractivity contribution >= 4 is 10.0 Å². The third kappa shape index (κ3) is 6.28. The molecule has 35 heavy (non-hydrogen) atoms. The monoisotopic (exact) mass is 498 g/mol. The first-order chi connectivity index (χ1) is 16.7. The van der Waals surface area contributed by atoms with Gasteiger partial charge in [-0.1, -0.05) is 58.0 Å². The van der Waals surface area contributed by atoms with Gasteiger partial charge in [0.05, 0.1) is 11.5 Å². The fourth-order valence-electron chi connectivity index (χ4n) is 5.33. The molecule has 0 aromatic heterocycles. The van der Waals surface area contributed by atoms with E-state index in [1.54, 1.807) is 16.4 Å². The van der Waals surface area contributed by atoms with Gasteiger partial charge < -0.3 is 4.74 Å². The maximum absolute atomic E-state index is 13.2. The summed E-state index contributed by atoms with van der Waals surface area (Å²) in [6.45, 7) is 13.6. The Hall–Kier alpha value is -1.89. The molecule has 2 fully saturated rings. The van der Waals surface area contributed by atoms with Gasteiger partial charge >= 0.3 is 0 Å². The Balaban J connectivity index is 1.31. The molecule has 0 amide bonds. The molecule has 1 spiro atoms. The number of hydrogen-bond donors (Lipinski definition) is 0. The number of para-hydroxylation sites is 1. The molecule has 2 saturated heterocycles. The number of ether oxygens (including phenoxy) is 1. The van der Waals surface area contributed by atoms with Gasteiger partial charge in [-0.2, -0.15) is 4.31 Å². The Bertz CT molecular complexity index is 1060. The third-order valence-corrected chi connectivity index (χ3v) is 9.74. The van der Waals surface area contributed by atoms with E-state index in [1.165, 1.54) is 11.1 Å². The Kier molecular flexibility index (Phi) is 8.24. The van der Waals surface area contributed by atoms with Crippen LogP contribution in [0, 0.1) is 11.3 Å². The zero-order chi connectivity index (χ0) is 25.1. The SMILES string of the molecule is CC(C)COc1ccccc1CN1CCC2(CC1)CCN(S(=O)(=O)c1ccc(C(C)C)cc1)CC2. The third-order valence-electron chi connectivity index (χ3n) is 7.82. The van der Waals surface area contributed by atoms with Crippen LogP contribution in [-0.4, -0.2) is 50.4 Å². The molecule has 0 saturated carbocycles. The molecule has 2 heterocycles. The van der Waals surface area contributed by atoms with Crippen molar-refractivity contribution in [1.82, 2.24) is 9.21 Å². The van der Waals surface area contributed by atoms with Gasteiger partial charge in [0.15, 0.2) is 0 Å². The van der Waals surface area contributed by atoms with Crippen molar-refractivity contribution in [2.24, 2.45) is 11.3 Å². The highest BCUT2D eigenvalue weighted by atomic mass is 32.2. The first-order valence-corrected chi connectivity index (χ1v) is 14.7. The molecule has 192 valence electrons. The molecule has 0 N–H and O–H groups in total. The molecule has 2 aromatic rings. The topological polar surface area (TPSA) is 49.9 Å². The lowest BCUT2D eigenvalue weighted by atomic mass is 9.71. The molecule has 5 nitrogen and oxygen atoms in total.